The molecule has 269 valence electrons. The van der Waals surface area contributed by atoms with Crippen LogP contribution in [0.3, 0.4) is 0 Å². The van der Waals surface area contributed by atoms with Gasteiger partial charge in [-0.05, 0) is 51.0 Å². The molecule has 0 aliphatic rings. The molecule has 5 heteroatoms. The van der Waals surface area contributed by atoms with Crippen LogP contribution in [0, 0.1) is 23.5 Å². The smallest absolute Gasteiger partial charge is 0.130 e. The molecule has 1 radical (unpaired) electrons. The van der Waals surface area contributed by atoms with Crippen LogP contribution in [0.25, 0.3) is 66.7 Å². The molecule has 8 aromatic rings. The van der Waals surface area contributed by atoms with E-state index in [4.69, 9.17) is 11.3 Å². The summed E-state index contributed by atoms with van der Waals surface area (Å²) in [5.41, 5.74) is 8.81. The first-order valence-electron chi connectivity index (χ1n) is 20.0. The van der Waals surface area contributed by atoms with E-state index >= 15 is 0 Å². The number of benzene rings is 5. The van der Waals surface area contributed by atoms with Gasteiger partial charge in [-0.25, -0.2) is 0 Å². The normalized spacial score (nSPS) is 12.6. The van der Waals surface area contributed by atoms with Crippen LogP contribution < -0.4 is 0 Å². The van der Waals surface area contributed by atoms with Crippen molar-refractivity contribution in [1.29, 1.82) is 5.26 Å². The third kappa shape index (κ3) is 7.82. The third-order valence-corrected chi connectivity index (χ3v) is 9.13. The van der Waals surface area contributed by atoms with Gasteiger partial charge in [0.05, 0.1) is 24.1 Å². The second kappa shape index (κ2) is 15.7. The number of hydrogen-bond acceptors (Lipinski definition) is 4. The van der Waals surface area contributed by atoms with Crippen molar-refractivity contribution >= 4 is 21.9 Å². The van der Waals surface area contributed by atoms with Gasteiger partial charge in [-0.3, -0.25) is 0 Å². The van der Waals surface area contributed by atoms with Crippen molar-refractivity contribution in [1.82, 2.24) is 9.97 Å². The number of pyridine rings is 2. The Morgan fingerprint density at radius 1 is 0.722 bits per heavy atom. The summed E-state index contributed by atoms with van der Waals surface area (Å²) in [5.74, 6) is 0. The van der Waals surface area contributed by atoms with Gasteiger partial charge in [0.1, 0.15) is 5.58 Å². The molecule has 0 amide bonds. The first kappa shape index (κ1) is 31.8. The summed E-state index contributed by atoms with van der Waals surface area (Å²) >= 11 is 0. The average molecular weight is 885 g/mol. The first-order chi connectivity index (χ1) is 27.6. The van der Waals surface area contributed by atoms with E-state index in [1.54, 1.807) is 18.3 Å². The van der Waals surface area contributed by atoms with Gasteiger partial charge in [0.2, 0.25) is 0 Å². The summed E-state index contributed by atoms with van der Waals surface area (Å²) in [5, 5.41) is 11.4. The molecule has 0 aliphatic heterocycles. The summed E-state index contributed by atoms with van der Waals surface area (Å²) < 4.78 is 47.8. The van der Waals surface area contributed by atoms with E-state index in [1.807, 2.05) is 42.6 Å². The molecule has 5 aromatic carbocycles. The van der Waals surface area contributed by atoms with Gasteiger partial charge >= 0.3 is 0 Å². The van der Waals surface area contributed by atoms with Gasteiger partial charge < -0.3 is 14.4 Å². The second-order valence-electron chi connectivity index (χ2n) is 14.9. The van der Waals surface area contributed by atoms with E-state index in [0.717, 1.165) is 22.2 Å². The number of fused-ring (bicyclic) bond motifs is 3. The van der Waals surface area contributed by atoms with Gasteiger partial charge in [-0.2, -0.15) is 5.26 Å². The van der Waals surface area contributed by atoms with Crippen LogP contribution >= 0.6 is 0 Å². The second-order valence-corrected chi connectivity index (χ2v) is 14.9. The summed E-state index contributed by atoms with van der Waals surface area (Å²) in [4.78, 5) is 9.08. The van der Waals surface area contributed by atoms with Crippen molar-refractivity contribution < 1.29 is 31.4 Å². The van der Waals surface area contributed by atoms with Crippen molar-refractivity contribution in [3.05, 3.63) is 168 Å². The topological polar surface area (TPSA) is 62.7 Å². The summed E-state index contributed by atoms with van der Waals surface area (Å²) in [6.07, 6.45) is 3.65. The maximum Gasteiger partial charge on any atom is 0.130 e. The number of rotatable bonds is 4. The summed E-state index contributed by atoms with van der Waals surface area (Å²) in [6.45, 7) is 12.8. The molecule has 0 fully saturated rings. The van der Waals surface area contributed by atoms with Crippen molar-refractivity contribution in [2.75, 3.05) is 0 Å². The number of nitriles is 1. The summed E-state index contributed by atoms with van der Waals surface area (Å²) in [6, 6.07) is 38.2. The molecule has 0 unspecified atom stereocenters. The molecule has 3 aromatic heterocycles. The predicted molar refractivity (Wildman–Crippen MR) is 217 cm³/mol. The van der Waals surface area contributed by atoms with E-state index < -0.39 is 30.2 Å². The SMILES string of the molecule is CC(C)(C)c1ccc(-c2[c-]ccc(-c3ccccc3)c2)nc1.[2H]c1c([2H])c([2H])c(-c2c(C#N)ccc3c2oc2c(-c4ccccn4)[c-]cc(C(C)(C)C)c23)c([2H])c1[2H].[Ir]. The van der Waals surface area contributed by atoms with Crippen LogP contribution in [0.4, 0.5) is 0 Å². The van der Waals surface area contributed by atoms with E-state index in [-0.39, 0.29) is 53.2 Å². The zero-order valence-electron chi connectivity index (χ0n) is 36.0. The molecule has 0 spiro atoms. The van der Waals surface area contributed by atoms with E-state index in [2.05, 4.69) is 118 Å². The van der Waals surface area contributed by atoms with Gasteiger partial charge in [-0.1, -0.05) is 143 Å². The fourth-order valence-electron chi connectivity index (χ4n) is 6.32. The van der Waals surface area contributed by atoms with Crippen LogP contribution in [0.2, 0.25) is 0 Å². The van der Waals surface area contributed by atoms with E-state index in [0.29, 0.717) is 22.2 Å². The van der Waals surface area contributed by atoms with Gasteiger partial charge in [0.15, 0.2) is 0 Å². The van der Waals surface area contributed by atoms with Gasteiger partial charge in [0.25, 0.3) is 0 Å². The van der Waals surface area contributed by atoms with Crippen LogP contribution in [0.1, 0.15) is 65.1 Å². The monoisotopic (exact) mass is 885 g/mol. The number of aromatic nitrogens is 2. The fraction of sp³-hybridized carbons (Fsp3) is 0.163. The van der Waals surface area contributed by atoms with Crippen LogP contribution in [0.15, 0.2) is 144 Å². The minimum absolute atomic E-state index is 0. The molecule has 0 saturated heterocycles. The van der Waals surface area contributed by atoms with Crippen molar-refractivity contribution in [2.45, 2.75) is 52.4 Å². The average Bonchev–Trinajstić information content (AvgIpc) is 3.62. The molecule has 0 aliphatic carbocycles. The Morgan fingerprint density at radius 3 is 2.13 bits per heavy atom. The number of furan rings is 1. The van der Waals surface area contributed by atoms with Crippen molar-refractivity contribution in [3.8, 4) is 50.8 Å². The Balaban J connectivity index is 0.000000218. The fourth-order valence-corrected chi connectivity index (χ4v) is 6.32. The zero-order chi connectivity index (χ0) is 41.5. The largest absolute Gasteiger partial charge is 0.500 e. The molecule has 8 rings (SSSR count). The molecule has 0 atom stereocenters. The van der Waals surface area contributed by atoms with E-state index in [9.17, 15) is 5.26 Å². The molecule has 54 heavy (non-hydrogen) atoms. The van der Waals surface area contributed by atoms with Crippen molar-refractivity contribution in [3.63, 3.8) is 0 Å². The molecule has 0 N–H and O–H groups in total. The molecular formula is C49H41IrN3O-2. The van der Waals surface area contributed by atoms with Crippen LogP contribution in [0.5, 0.6) is 0 Å². The number of hydrogen-bond donors (Lipinski definition) is 0. The van der Waals surface area contributed by atoms with Crippen LogP contribution in [-0.2, 0) is 30.9 Å². The molecule has 4 nitrogen and oxygen atoms in total. The van der Waals surface area contributed by atoms with Crippen LogP contribution in [-0.4, -0.2) is 9.97 Å². The van der Waals surface area contributed by atoms with E-state index in [1.165, 1.54) is 16.7 Å². The minimum Gasteiger partial charge on any atom is -0.500 e. The summed E-state index contributed by atoms with van der Waals surface area (Å²) in [7, 11) is 0. The Morgan fingerprint density at radius 2 is 1.48 bits per heavy atom. The maximum absolute atomic E-state index is 9.94. The Labute approximate surface area is 338 Å². The van der Waals surface area contributed by atoms with Gasteiger partial charge in [0, 0.05) is 43.4 Å². The quantitative estimate of drug-likeness (QED) is 0.165. The standard InChI is InChI=1S/C28H21N2O.C21H20N.Ir/c1-28(2,3)22-15-14-20(23-11-7-8-16-30-23)26-25(22)21-13-12-19(17-29)24(27(21)31-26)18-9-5-4-6-10-18;1-21(2,3)19-12-13-20(22-15-19)18-11-7-10-17(14-18)16-8-5-4-6-9-16;/h4-13,15-16H,1-3H3;4-10,12-15H,1-3H3;/q2*-1;/i4D,5D,6D,9D,10D;;. The zero-order valence-corrected chi connectivity index (χ0v) is 33.4. The number of nitrogens with zero attached hydrogens (tertiary/aromatic N) is 3. The molecule has 0 saturated carbocycles. The molecule has 0 bridgehead atoms. The van der Waals surface area contributed by atoms with Crippen molar-refractivity contribution in [2.24, 2.45) is 0 Å². The molecule has 3 heterocycles. The Kier molecular flexibility index (Phi) is 9.28. The molecular weight excluding hydrogens is 839 g/mol. The minimum atomic E-state index is -0.494. The third-order valence-electron chi connectivity index (χ3n) is 9.13. The maximum atomic E-state index is 9.94. The Hall–Kier alpha value is -5.66. The first-order valence-corrected chi connectivity index (χ1v) is 17.5. The van der Waals surface area contributed by atoms with Gasteiger partial charge in [-0.15, -0.1) is 53.1 Å². The Bertz CT molecular complexity index is 2830. The predicted octanol–water partition coefficient (Wildman–Crippen LogP) is 12.8.